The van der Waals surface area contributed by atoms with E-state index in [-0.39, 0.29) is 5.78 Å². The monoisotopic (exact) mass is 224 g/mol. The van der Waals surface area contributed by atoms with E-state index < -0.39 is 0 Å². The Hall–Kier alpha value is -1.16. The Labute approximate surface area is 94.4 Å². The van der Waals surface area contributed by atoms with E-state index in [2.05, 4.69) is 11.6 Å². The van der Waals surface area contributed by atoms with E-state index in [1.54, 1.807) is 23.9 Å². The second-order valence-corrected chi connectivity index (χ2v) is 4.26. The number of rotatable bonds is 5. The Morgan fingerprint density at radius 2 is 2.27 bits per heavy atom. The largest absolute Gasteiger partial charge is 0.398 e. The molecule has 0 radical (unpaired) electrons. The van der Waals surface area contributed by atoms with Crippen LogP contribution in [0.4, 0.5) is 11.4 Å². The zero-order valence-electron chi connectivity index (χ0n) is 9.04. The van der Waals surface area contributed by atoms with Crippen LogP contribution in [0.3, 0.4) is 0 Å². The molecule has 0 unspecified atom stereocenters. The lowest BCUT2D eigenvalue weighted by Crippen LogP contribution is -2.06. The third-order valence-corrected chi connectivity index (χ3v) is 2.68. The Morgan fingerprint density at radius 3 is 2.80 bits per heavy atom. The zero-order chi connectivity index (χ0) is 11.3. The van der Waals surface area contributed by atoms with Crippen molar-refractivity contribution in [2.24, 2.45) is 0 Å². The lowest BCUT2D eigenvalue weighted by molar-refractivity contribution is 0.101. The number of thioether (sulfide) groups is 1. The summed E-state index contributed by atoms with van der Waals surface area (Å²) in [5.41, 5.74) is 7.85. The lowest BCUT2D eigenvalue weighted by Gasteiger charge is -2.08. The Kier molecular flexibility index (Phi) is 4.49. The number of Topliss-reactive ketones (excluding diaryl/α,β-unsaturated/α-hetero) is 1. The van der Waals surface area contributed by atoms with E-state index in [1.165, 1.54) is 6.92 Å². The van der Waals surface area contributed by atoms with Gasteiger partial charge in [-0.1, -0.05) is 0 Å². The van der Waals surface area contributed by atoms with Gasteiger partial charge >= 0.3 is 0 Å². The van der Waals surface area contributed by atoms with Crippen molar-refractivity contribution in [3.8, 4) is 0 Å². The molecule has 0 aliphatic rings. The highest BCUT2D eigenvalue weighted by Crippen LogP contribution is 2.18. The molecule has 0 bridgehead atoms. The van der Waals surface area contributed by atoms with Crippen LogP contribution >= 0.6 is 11.8 Å². The minimum Gasteiger partial charge on any atom is -0.398 e. The predicted molar refractivity (Wildman–Crippen MR) is 67.7 cm³/mol. The van der Waals surface area contributed by atoms with Crippen LogP contribution in [0.25, 0.3) is 0 Å². The number of nitrogen functional groups attached to an aromatic ring is 1. The molecule has 0 aromatic heterocycles. The molecule has 0 aliphatic heterocycles. The molecule has 0 spiro atoms. The van der Waals surface area contributed by atoms with Crippen molar-refractivity contribution in [2.45, 2.75) is 6.92 Å². The third kappa shape index (κ3) is 3.47. The van der Waals surface area contributed by atoms with Crippen molar-refractivity contribution in [3.63, 3.8) is 0 Å². The van der Waals surface area contributed by atoms with Crippen LogP contribution in [0.5, 0.6) is 0 Å². The molecule has 0 heterocycles. The number of carbonyl (C=O) groups excluding carboxylic acids is 1. The molecule has 1 aromatic carbocycles. The summed E-state index contributed by atoms with van der Waals surface area (Å²) in [5, 5.41) is 3.24. The number of nitrogens with one attached hydrogen (secondary N) is 1. The van der Waals surface area contributed by atoms with Gasteiger partial charge in [-0.25, -0.2) is 0 Å². The van der Waals surface area contributed by atoms with Gasteiger partial charge in [-0.15, -0.1) is 0 Å². The second-order valence-electron chi connectivity index (χ2n) is 3.28. The maximum absolute atomic E-state index is 11.1. The number of anilines is 2. The van der Waals surface area contributed by atoms with Gasteiger partial charge in [0.05, 0.1) is 0 Å². The van der Waals surface area contributed by atoms with Crippen LogP contribution in [0, 0.1) is 0 Å². The van der Waals surface area contributed by atoms with Gasteiger partial charge in [0.1, 0.15) is 0 Å². The van der Waals surface area contributed by atoms with E-state index in [0.717, 1.165) is 18.0 Å². The molecular formula is C11H16N2OS. The van der Waals surface area contributed by atoms with Gasteiger partial charge in [0.15, 0.2) is 5.78 Å². The van der Waals surface area contributed by atoms with Crippen molar-refractivity contribution in [2.75, 3.05) is 29.6 Å². The predicted octanol–water partition coefficient (Wildman–Crippen LogP) is 2.25. The Morgan fingerprint density at radius 1 is 1.53 bits per heavy atom. The van der Waals surface area contributed by atoms with E-state index in [9.17, 15) is 4.79 Å². The molecule has 1 rings (SSSR count). The van der Waals surface area contributed by atoms with Crippen LogP contribution in [0.15, 0.2) is 18.2 Å². The Balaban J connectivity index is 2.69. The molecule has 0 atom stereocenters. The first kappa shape index (κ1) is 11.9. The number of nitrogens with two attached hydrogens (primary N) is 1. The smallest absolute Gasteiger partial charge is 0.161 e. The molecule has 0 amide bonds. The van der Waals surface area contributed by atoms with Crippen molar-refractivity contribution >= 4 is 28.9 Å². The van der Waals surface area contributed by atoms with Gasteiger partial charge in [-0.05, 0) is 31.4 Å². The van der Waals surface area contributed by atoms with Gasteiger partial charge in [-0.2, -0.15) is 11.8 Å². The van der Waals surface area contributed by atoms with Crippen LogP contribution < -0.4 is 11.1 Å². The van der Waals surface area contributed by atoms with Gasteiger partial charge < -0.3 is 11.1 Å². The van der Waals surface area contributed by atoms with E-state index in [0.29, 0.717) is 11.3 Å². The topological polar surface area (TPSA) is 55.1 Å². The number of ketones is 1. The molecule has 3 N–H and O–H groups in total. The van der Waals surface area contributed by atoms with Gasteiger partial charge in [0.2, 0.25) is 0 Å². The second kappa shape index (κ2) is 5.66. The number of hydrogen-bond donors (Lipinski definition) is 2. The summed E-state index contributed by atoms with van der Waals surface area (Å²) in [6.45, 7) is 2.42. The first-order chi connectivity index (χ1) is 7.15. The normalized spacial score (nSPS) is 10.0. The van der Waals surface area contributed by atoms with E-state index in [4.69, 9.17) is 5.73 Å². The van der Waals surface area contributed by atoms with Crippen molar-refractivity contribution < 1.29 is 4.79 Å². The fourth-order valence-electron chi connectivity index (χ4n) is 1.29. The highest BCUT2D eigenvalue weighted by molar-refractivity contribution is 7.98. The minimum atomic E-state index is 0.00293. The minimum absolute atomic E-state index is 0.00293. The maximum atomic E-state index is 11.1. The fraction of sp³-hybridized carbons (Fsp3) is 0.364. The summed E-state index contributed by atoms with van der Waals surface area (Å²) in [7, 11) is 0. The van der Waals surface area contributed by atoms with Gasteiger partial charge in [-0.3, -0.25) is 4.79 Å². The molecular weight excluding hydrogens is 208 g/mol. The summed E-state index contributed by atoms with van der Waals surface area (Å²) in [6.07, 6.45) is 2.06. The van der Waals surface area contributed by atoms with Gasteiger partial charge in [0, 0.05) is 29.2 Å². The van der Waals surface area contributed by atoms with Gasteiger partial charge in [0.25, 0.3) is 0 Å². The van der Waals surface area contributed by atoms with Crippen molar-refractivity contribution in [1.29, 1.82) is 0 Å². The molecule has 82 valence electrons. The lowest BCUT2D eigenvalue weighted by atomic mass is 10.1. The molecule has 4 heteroatoms. The molecule has 0 saturated heterocycles. The summed E-state index contributed by atoms with van der Waals surface area (Å²) in [4.78, 5) is 11.1. The van der Waals surface area contributed by atoms with Crippen molar-refractivity contribution in [3.05, 3.63) is 23.8 Å². The highest BCUT2D eigenvalue weighted by atomic mass is 32.2. The summed E-state index contributed by atoms with van der Waals surface area (Å²) >= 11 is 1.79. The first-order valence-electron chi connectivity index (χ1n) is 4.78. The molecule has 0 fully saturated rings. The van der Waals surface area contributed by atoms with E-state index >= 15 is 0 Å². The van der Waals surface area contributed by atoms with Crippen molar-refractivity contribution in [1.82, 2.24) is 0 Å². The highest BCUT2D eigenvalue weighted by Gasteiger charge is 2.04. The van der Waals surface area contributed by atoms with Crippen LogP contribution in [-0.2, 0) is 0 Å². The summed E-state index contributed by atoms with van der Waals surface area (Å²) < 4.78 is 0. The summed E-state index contributed by atoms with van der Waals surface area (Å²) in [5.74, 6) is 1.05. The quantitative estimate of drug-likeness (QED) is 0.457. The standard InChI is InChI=1S/C11H16N2OS/c1-8(14)10-4-3-9(7-11(10)12)13-5-6-15-2/h3-4,7,13H,5-6,12H2,1-2H3. The van der Waals surface area contributed by atoms with Crippen LogP contribution in [-0.4, -0.2) is 24.3 Å². The Bertz CT molecular complexity index is 352. The van der Waals surface area contributed by atoms with Crippen LogP contribution in [0.2, 0.25) is 0 Å². The molecule has 0 aliphatic carbocycles. The van der Waals surface area contributed by atoms with Crippen LogP contribution in [0.1, 0.15) is 17.3 Å². The third-order valence-electron chi connectivity index (χ3n) is 2.07. The van der Waals surface area contributed by atoms with E-state index in [1.807, 2.05) is 6.07 Å². The molecule has 3 nitrogen and oxygen atoms in total. The number of benzene rings is 1. The SMILES string of the molecule is CSCCNc1ccc(C(C)=O)c(N)c1. The average molecular weight is 224 g/mol. The average Bonchev–Trinajstić information content (AvgIpc) is 2.17. The number of hydrogen-bond acceptors (Lipinski definition) is 4. The maximum Gasteiger partial charge on any atom is 0.161 e. The zero-order valence-corrected chi connectivity index (χ0v) is 9.86. The molecule has 15 heavy (non-hydrogen) atoms. The first-order valence-corrected chi connectivity index (χ1v) is 6.18. The molecule has 0 saturated carbocycles. The molecule has 1 aromatic rings. The summed E-state index contributed by atoms with van der Waals surface area (Å²) in [6, 6.07) is 5.45. The number of carbonyl (C=O) groups is 1. The fourth-order valence-corrected chi connectivity index (χ4v) is 1.60.